The second-order valence-corrected chi connectivity index (χ2v) is 5.92. The topological polar surface area (TPSA) is 91.1 Å². The molecular formula is C20H21N3O2. The van der Waals surface area contributed by atoms with Gasteiger partial charge >= 0.3 is 0 Å². The number of nitrogens with two attached hydrogens (primary N) is 1. The third-order valence-electron chi connectivity index (χ3n) is 4.10. The van der Waals surface area contributed by atoms with Crippen molar-refractivity contribution in [3.05, 3.63) is 77.5 Å². The van der Waals surface area contributed by atoms with Crippen molar-refractivity contribution in [2.24, 2.45) is 5.73 Å². The van der Waals surface area contributed by atoms with E-state index >= 15 is 0 Å². The fourth-order valence-corrected chi connectivity index (χ4v) is 2.81. The number of benzene rings is 2. The van der Waals surface area contributed by atoms with Crippen molar-refractivity contribution in [3.63, 3.8) is 0 Å². The minimum Gasteiger partial charge on any atom is -0.507 e. The number of carbonyl (C=O) groups excluding carboxylic acids is 1. The molecule has 0 aliphatic rings. The molecule has 0 fully saturated rings. The number of aromatic amines is 1. The van der Waals surface area contributed by atoms with Gasteiger partial charge in [0.05, 0.1) is 0 Å². The van der Waals surface area contributed by atoms with Crippen LogP contribution in [0.1, 0.15) is 16.7 Å². The molecule has 5 nitrogen and oxygen atoms in total. The fourth-order valence-electron chi connectivity index (χ4n) is 2.81. The lowest BCUT2D eigenvalue weighted by atomic mass is 10.1. The highest BCUT2D eigenvalue weighted by Crippen LogP contribution is 2.17. The molecule has 0 spiro atoms. The highest BCUT2D eigenvalue weighted by atomic mass is 16.3. The Bertz CT molecular complexity index is 895. The molecule has 0 radical (unpaired) electrons. The van der Waals surface area contributed by atoms with Crippen LogP contribution in [0.15, 0.2) is 60.8 Å². The van der Waals surface area contributed by atoms with Gasteiger partial charge in [-0.2, -0.15) is 0 Å². The Balaban J connectivity index is 1.51. The number of nitrogens with one attached hydrogen (secondary N) is 2. The molecule has 0 saturated heterocycles. The van der Waals surface area contributed by atoms with Gasteiger partial charge < -0.3 is 21.1 Å². The van der Waals surface area contributed by atoms with Crippen LogP contribution in [0.2, 0.25) is 0 Å². The van der Waals surface area contributed by atoms with Gasteiger partial charge in [-0.25, -0.2) is 0 Å². The summed E-state index contributed by atoms with van der Waals surface area (Å²) in [6.45, 7) is 1.61. The van der Waals surface area contributed by atoms with Gasteiger partial charge in [0.1, 0.15) is 5.76 Å². The molecule has 0 atom stereocenters. The van der Waals surface area contributed by atoms with Crippen LogP contribution >= 0.6 is 0 Å². The zero-order valence-corrected chi connectivity index (χ0v) is 13.8. The third kappa shape index (κ3) is 4.28. The number of aromatic nitrogens is 1. The Hall–Kier alpha value is -3.05. The molecule has 1 heterocycles. The Morgan fingerprint density at radius 1 is 1.16 bits per heavy atom. The molecule has 0 aliphatic heterocycles. The molecule has 25 heavy (non-hydrogen) atoms. The van der Waals surface area contributed by atoms with Crippen LogP contribution in [-0.4, -0.2) is 22.5 Å². The van der Waals surface area contributed by atoms with Crippen molar-refractivity contribution in [3.8, 4) is 0 Å². The van der Waals surface area contributed by atoms with Gasteiger partial charge in [0.15, 0.2) is 0 Å². The van der Waals surface area contributed by atoms with Gasteiger partial charge in [0.2, 0.25) is 5.91 Å². The van der Waals surface area contributed by atoms with Crippen molar-refractivity contribution in [2.75, 3.05) is 6.54 Å². The standard InChI is InChI=1S/C20H21N3O2/c21-20(25)11-19(24)15-7-5-14(6-8-15)12-22-10-9-16-13-23-18-4-2-1-3-17(16)18/h1-8,11,13,22-24H,9-10,12H2,(H2,21,25)/b19-11-. The summed E-state index contributed by atoms with van der Waals surface area (Å²) in [6, 6.07) is 15.7. The van der Waals surface area contributed by atoms with Crippen LogP contribution in [0, 0.1) is 0 Å². The molecule has 0 saturated carbocycles. The number of primary amides is 1. The summed E-state index contributed by atoms with van der Waals surface area (Å²) < 4.78 is 0. The Labute approximate surface area is 146 Å². The molecular weight excluding hydrogens is 314 g/mol. The molecule has 1 amide bonds. The first-order chi connectivity index (χ1) is 12.1. The SMILES string of the molecule is NC(=O)/C=C(\O)c1ccc(CNCCc2c[nH]c3ccccc23)cc1. The van der Waals surface area contributed by atoms with E-state index in [1.54, 1.807) is 12.1 Å². The van der Waals surface area contributed by atoms with Crippen molar-refractivity contribution < 1.29 is 9.90 Å². The van der Waals surface area contributed by atoms with E-state index in [0.717, 1.165) is 36.7 Å². The van der Waals surface area contributed by atoms with E-state index in [1.807, 2.05) is 18.2 Å². The maximum Gasteiger partial charge on any atom is 0.245 e. The Morgan fingerprint density at radius 2 is 1.92 bits per heavy atom. The van der Waals surface area contributed by atoms with Gasteiger partial charge in [-0.15, -0.1) is 0 Å². The minimum absolute atomic E-state index is 0.119. The predicted octanol–water partition coefficient (Wildman–Crippen LogP) is 2.88. The average Bonchev–Trinajstić information content (AvgIpc) is 3.02. The number of aliphatic hydroxyl groups excluding tert-OH is 1. The van der Waals surface area contributed by atoms with E-state index in [4.69, 9.17) is 5.73 Å². The van der Waals surface area contributed by atoms with Crippen LogP contribution in [0.4, 0.5) is 0 Å². The van der Waals surface area contributed by atoms with Crippen molar-refractivity contribution in [2.45, 2.75) is 13.0 Å². The lowest BCUT2D eigenvalue weighted by Crippen LogP contribution is -2.16. The number of amides is 1. The summed E-state index contributed by atoms with van der Waals surface area (Å²) >= 11 is 0. The first-order valence-electron chi connectivity index (χ1n) is 8.18. The average molecular weight is 335 g/mol. The van der Waals surface area contributed by atoms with Crippen LogP contribution in [0.3, 0.4) is 0 Å². The summed E-state index contributed by atoms with van der Waals surface area (Å²) in [4.78, 5) is 14.1. The molecule has 3 aromatic rings. The van der Waals surface area contributed by atoms with E-state index in [-0.39, 0.29) is 5.76 Å². The molecule has 128 valence electrons. The monoisotopic (exact) mass is 335 g/mol. The summed E-state index contributed by atoms with van der Waals surface area (Å²) in [5.41, 5.74) is 9.17. The van der Waals surface area contributed by atoms with Crippen LogP contribution in [-0.2, 0) is 17.8 Å². The quantitative estimate of drug-likeness (QED) is 0.304. The van der Waals surface area contributed by atoms with Gasteiger partial charge in [-0.05, 0) is 30.2 Å². The number of hydrogen-bond donors (Lipinski definition) is 4. The number of hydrogen-bond acceptors (Lipinski definition) is 3. The number of aliphatic hydroxyl groups is 1. The second kappa shape index (κ2) is 7.68. The first kappa shape index (κ1) is 16.8. The highest BCUT2D eigenvalue weighted by molar-refractivity contribution is 5.92. The number of fused-ring (bicyclic) bond motifs is 1. The van der Waals surface area contributed by atoms with Crippen molar-refractivity contribution in [1.82, 2.24) is 10.3 Å². The molecule has 5 heteroatoms. The van der Waals surface area contributed by atoms with E-state index in [0.29, 0.717) is 5.56 Å². The van der Waals surface area contributed by atoms with E-state index < -0.39 is 5.91 Å². The van der Waals surface area contributed by atoms with E-state index in [1.165, 1.54) is 10.9 Å². The number of H-pyrrole nitrogens is 1. The predicted molar refractivity (Wildman–Crippen MR) is 100.0 cm³/mol. The smallest absolute Gasteiger partial charge is 0.245 e. The Kier molecular flexibility index (Phi) is 5.16. The second-order valence-electron chi connectivity index (χ2n) is 5.92. The molecule has 3 rings (SSSR count). The van der Waals surface area contributed by atoms with Gasteiger partial charge in [-0.1, -0.05) is 42.5 Å². The molecule has 1 aromatic heterocycles. The number of carbonyl (C=O) groups is 1. The first-order valence-corrected chi connectivity index (χ1v) is 8.18. The van der Waals surface area contributed by atoms with Gasteiger partial charge in [0.25, 0.3) is 0 Å². The van der Waals surface area contributed by atoms with Crippen LogP contribution in [0.25, 0.3) is 16.7 Å². The van der Waals surface area contributed by atoms with Crippen LogP contribution in [0.5, 0.6) is 0 Å². The molecule has 0 bridgehead atoms. The normalized spacial score (nSPS) is 11.8. The fraction of sp³-hybridized carbons (Fsp3) is 0.150. The zero-order chi connectivity index (χ0) is 17.6. The summed E-state index contributed by atoms with van der Waals surface area (Å²) in [7, 11) is 0. The Morgan fingerprint density at radius 3 is 2.68 bits per heavy atom. The summed E-state index contributed by atoms with van der Waals surface area (Å²) in [6.07, 6.45) is 4.02. The molecule has 0 unspecified atom stereocenters. The van der Waals surface area contributed by atoms with E-state index in [9.17, 15) is 9.90 Å². The maximum atomic E-state index is 10.8. The highest BCUT2D eigenvalue weighted by Gasteiger charge is 2.03. The minimum atomic E-state index is -0.666. The van der Waals surface area contributed by atoms with Crippen LogP contribution < -0.4 is 11.1 Å². The van der Waals surface area contributed by atoms with E-state index in [2.05, 4.69) is 34.7 Å². The molecule has 0 aliphatic carbocycles. The van der Waals surface area contributed by atoms with Crippen molar-refractivity contribution >= 4 is 22.6 Å². The zero-order valence-electron chi connectivity index (χ0n) is 13.8. The summed E-state index contributed by atoms with van der Waals surface area (Å²) in [5.74, 6) is -0.785. The summed E-state index contributed by atoms with van der Waals surface area (Å²) in [5, 5.41) is 14.4. The van der Waals surface area contributed by atoms with Crippen molar-refractivity contribution in [1.29, 1.82) is 0 Å². The molecule has 2 aromatic carbocycles. The maximum absolute atomic E-state index is 10.8. The largest absolute Gasteiger partial charge is 0.507 e. The molecule has 5 N–H and O–H groups in total. The van der Waals surface area contributed by atoms with Gasteiger partial charge in [0, 0.05) is 35.3 Å². The lowest BCUT2D eigenvalue weighted by Gasteiger charge is -2.06. The number of rotatable bonds is 7. The lowest BCUT2D eigenvalue weighted by molar-refractivity contribution is -0.113. The number of para-hydroxylation sites is 1. The third-order valence-corrected chi connectivity index (χ3v) is 4.10. The van der Waals surface area contributed by atoms with Gasteiger partial charge in [-0.3, -0.25) is 4.79 Å².